The molecule has 0 amide bonds. The molecule has 1 N–H and O–H groups in total. The quantitative estimate of drug-likeness (QED) is 0.453. The minimum absolute atomic E-state index is 0.377. The molecule has 2 atom stereocenters. The third-order valence-electron chi connectivity index (χ3n) is 6.35. The van der Waals surface area contributed by atoms with Crippen molar-refractivity contribution in [1.82, 2.24) is 4.90 Å². The van der Waals surface area contributed by atoms with E-state index in [9.17, 15) is 0 Å². The summed E-state index contributed by atoms with van der Waals surface area (Å²) < 4.78 is 46.0. The number of benzene rings is 2. The number of fused-ring (bicyclic) bond motifs is 2. The van der Waals surface area contributed by atoms with Gasteiger partial charge in [-0.3, -0.25) is 4.90 Å². The molecule has 2 aromatic carbocycles. The van der Waals surface area contributed by atoms with Crippen molar-refractivity contribution in [3.05, 3.63) is 71.8 Å². The van der Waals surface area contributed by atoms with Crippen LogP contribution in [0.2, 0.25) is 0 Å². The summed E-state index contributed by atoms with van der Waals surface area (Å²) >= 11 is 0. The Kier molecular flexibility index (Phi) is 8.62. The Labute approximate surface area is 191 Å². The van der Waals surface area contributed by atoms with Crippen molar-refractivity contribution >= 4 is 0 Å². The smallest absolute Gasteiger partial charge is 0.186 e. The molecule has 2 saturated heterocycles. The topological polar surface area (TPSA) is 118 Å². The van der Waals surface area contributed by atoms with Gasteiger partial charge in [0.05, 0.1) is 24.9 Å². The van der Waals surface area contributed by atoms with Gasteiger partial charge in [-0.1, -0.05) is 60.7 Å². The maximum Gasteiger partial charge on any atom is 0.186 e. The van der Waals surface area contributed by atoms with Crippen molar-refractivity contribution in [3.8, 4) is 0 Å². The molecule has 2 fully saturated rings. The number of nitrogens with zero attached hydrogens (tertiary/aromatic N) is 1. The van der Waals surface area contributed by atoms with Crippen LogP contribution in [0, 0.1) is 22.1 Å². The van der Waals surface area contributed by atoms with Crippen LogP contribution in [0.4, 0.5) is 0 Å². The fourth-order valence-corrected chi connectivity index (χ4v) is 5.23. The lowest BCUT2D eigenvalue weighted by Gasteiger charge is -2.54. The highest BCUT2D eigenvalue weighted by molar-refractivity contribution is 5.15. The maximum absolute atomic E-state index is 8.49. The molecule has 32 heavy (non-hydrogen) atoms. The van der Waals surface area contributed by atoms with Gasteiger partial charge in [0, 0.05) is 39.4 Å². The number of nitrogens with one attached hydrogen (secondary N) is 1. The first-order chi connectivity index (χ1) is 15.2. The molecule has 0 aliphatic carbocycles. The molecular weight excluding hydrogens is 436 g/mol. The molecule has 8 nitrogen and oxygen atoms in total. The summed E-state index contributed by atoms with van der Waals surface area (Å²) in [6.07, 6.45) is 0. The van der Waals surface area contributed by atoms with E-state index in [-0.39, 0.29) is 0 Å². The molecule has 2 aliphatic rings. The highest BCUT2D eigenvalue weighted by atomic mass is 35.7. The van der Waals surface area contributed by atoms with Gasteiger partial charge in [0.15, 0.2) is 5.79 Å². The van der Waals surface area contributed by atoms with Crippen LogP contribution in [0.15, 0.2) is 60.7 Å². The fourth-order valence-electron chi connectivity index (χ4n) is 5.23. The molecule has 0 spiro atoms. The standard InChI is InChI=1S/C23H30N2O2.ClHO4/c1-26-23(27-2)21-15-24(13-19-9-5-3-6-10-19)16-22(23)18-25(17-21)14-20-11-7-4-8-12-20;2-1(3,4)5/h3-12,21-22H,13-18H2,1-2H3;(H,2,3,4,5). The maximum atomic E-state index is 8.49. The first-order valence-corrected chi connectivity index (χ1v) is 11.8. The summed E-state index contributed by atoms with van der Waals surface area (Å²) in [5.74, 6) is 0.317. The lowest BCUT2D eigenvalue weighted by molar-refractivity contribution is -2.00. The summed E-state index contributed by atoms with van der Waals surface area (Å²) in [7, 11) is -1.31. The first-order valence-electron chi connectivity index (χ1n) is 10.6. The molecule has 2 aliphatic heterocycles. The van der Waals surface area contributed by atoms with Crippen LogP contribution in [-0.4, -0.2) is 51.1 Å². The number of halogens is 1. The number of ether oxygens (including phenoxy) is 2. The van der Waals surface area contributed by atoms with Gasteiger partial charge in [0.25, 0.3) is 0 Å². The summed E-state index contributed by atoms with van der Waals surface area (Å²) in [4.78, 5) is 4.22. The molecule has 4 rings (SSSR count). The van der Waals surface area contributed by atoms with Crippen molar-refractivity contribution in [2.24, 2.45) is 11.8 Å². The molecular formula is C23H31ClN2O6. The minimum atomic E-state index is -4.94. The summed E-state index contributed by atoms with van der Waals surface area (Å²) in [6.45, 7) is 6.29. The number of rotatable bonds is 6. The molecule has 2 aromatic rings. The van der Waals surface area contributed by atoms with Gasteiger partial charge < -0.3 is 14.4 Å². The summed E-state index contributed by atoms with van der Waals surface area (Å²) in [5.41, 5.74) is 2.79. The van der Waals surface area contributed by atoms with E-state index in [2.05, 4.69) is 65.6 Å². The van der Waals surface area contributed by atoms with Gasteiger partial charge in [-0.25, -0.2) is 18.6 Å². The van der Waals surface area contributed by atoms with E-state index in [0.29, 0.717) is 11.8 Å². The third kappa shape index (κ3) is 6.71. The van der Waals surface area contributed by atoms with E-state index < -0.39 is 16.0 Å². The number of likely N-dealkylation sites (tertiary alicyclic amines) is 2. The highest BCUT2D eigenvalue weighted by Gasteiger charge is 2.56. The van der Waals surface area contributed by atoms with Crippen molar-refractivity contribution in [1.29, 1.82) is 0 Å². The number of hydrogen-bond donors (Lipinski definition) is 1. The molecule has 2 bridgehead atoms. The minimum Gasteiger partial charge on any atom is -0.352 e. The first kappa shape index (κ1) is 25.0. The Balaban J connectivity index is 0.000000523. The van der Waals surface area contributed by atoms with E-state index in [1.165, 1.54) is 11.1 Å². The normalized spacial score (nSPS) is 25.0. The van der Waals surface area contributed by atoms with Crippen LogP contribution < -0.4 is 23.5 Å². The second-order valence-corrected chi connectivity index (χ2v) is 9.16. The Bertz CT molecular complexity index is 739. The second kappa shape index (κ2) is 11.0. The lowest BCUT2D eigenvalue weighted by atomic mass is 9.77. The monoisotopic (exact) mass is 466 g/mol. The Morgan fingerprint density at radius 2 is 1.28 bits per heavy atom. The van der Waals surface area contributed by atoms with Gasteiger partial charge in [0.2, 0.25) is 0 Å². The van der Waals surface area contributed by atoms with Crippen LogP contribution in [-0.2, 0) is 22.6 Å². The van der Waals surface area contributed by atoms with Crippen molar-refractivity contribution in [2.45, 2.75) is 18.9 Å². The molecule has 2 unspecified atom stereocenters. The van der Waals surface area contributed by atoms with E-state index in [4.69, 9.17) is 28.1 Å². The molecule has 0 aromatic heterocycles. The van der Waals surface area contributed by atoms with Gasteiger partial charge in [-0.05, 0) is 5.56 Å². The zero-order valence-corrected chi connectivity index (χ0v) is 19.2. The number of quaternary nitrogens is 1. The van der Waals surface area contributed by atoms with Crippen LogP contribution >= 0.6 is 0 Å². The van der Waals surface area contributed by atoms with Gasteiger partial charge in [-0.2, -0.15) is 0 Å². The number of hydrogen-bond acceptors (Lipinski definition) is 7. The predicted octanol–water partition coefficient (Wildman–Crippen LogP) is -2.93. The lowest BCUT2D eigenvalue weighted by Crippen LogP contribution is -3.15. The van der Waals surface area contributed by atoms with Crippen LogP contribution in [0.25, 0.3) is 0 Å². The fraction of sp³-hybridized carbons (Fsp3) is 0.478. The predicted molar refractivity (Wildman–Crippen MR) is 106 cm³/mol. The van der Waals surface area contributed by atoms with Gasteiger partial charge in [0.1, 0.15) is 6.54 Å². The second-order valence-electron chi connectivity index (χ2n) is 8.40. The van der Waals surface area contributed by atoms with Crippen LogP contribution in [0.1, 0.15) is 11.1 Å². The largest absolute Gasteiger partial charge is 0.352 e. The van der Waals surface area contributed by atoms with Crippen molar-refractivity contribution < 1.29 is 43.3 Å². The zero-order valence-electron chi connectivity index (χ0n) is 18.4. The summed E-state index contributed by atoms with van der Waals surface area (Å²) in [6, 6.07) is 21.6. The Hall–Kier alpha value is -1.59. The molecule has 0 radical (unpaired) electrons. The molecule has 176 valence electrons. The van der Waals surface area contributed by atoms with Crippen molar-refractivity contribution in [3.63, 3.8) is 0 Å². The number of piperidine rings is 2. The average molecular weight is 467 g/mol. The molecule has 0 saturated carbocycles. The third-order valence-corrected chi connectivity index (χ3v) is 6.35. The van der Waals surface area contributed by atoms with E-state index in [1.54, 1.807) is 4.90 Å². The van der Waals surface area contributed by atoms with Gasteiger partial charge >= 0.3 is 0 Å². The molecule has 9 heteroatoms. The van der Waals surface area contributed by atoms with Gasteiger partial charge in [-0.15, -0.1) is 10.2 Å². The SMILES string of the molecule is COC1(OC)C2CN(Cc3ccccc3)CC1C[NH+](Cc1ccccc1)C2.[O-][Cl+3]([O-])([O-])[O-]. The van der Waals surface area contributed by atoms with Crippen LogP contribution in [0.3, 0.4) is 0 Å². The zero-order chi connectivity index (χ0) is 23.2. The molecule has 2 heterocycles. The Morgan fingerprint density at radius 3 is 1.72 bits per heavy atom. The van der Waals surface area contributed by atoms with Crippen LogP contribution in [0.5, 0.6) is 0 Å². The van der Waals surface area contributed by atoms with E-state index >= 15 is 0 Å². The highest BCUT2D eigenvalue weighted by Crippen LogP contribution is 2.38. The summed E-state index contributed by atoms with van der Waals surface area (Å²) in [5, 5.41) is 0. The van der Waals surface area contributed by atoms with Crippen molar-refractivity contribution in [2.75, 3.05) is 40.4 Å². The van der Waals surface area contributed by atoms with E-state index in [1.807, 2.05) is 14.2 Å². The number of methoxy groups -OCH3 is 2. The Morgan fingerprint density at radius 1 is 0.844 bits per heavy atom. The van der Waals surface area contributed by atoms with E-state index in [0.717, 1.165) is 39.3 Å². The average Bonchev–Trinajstić information content (AvgIpc) is 2.74.